The fourth-order valence-electron chi connectivity index (χ4n) is 4.71. The molecule has 0 bridgehead atoms. The number of fused-ring (bicyclic) bond motifs is 1. The van der Waals surface area contributed by atoms with Gasteiger partial charge in [0.05, 0.1) is 12.9 Å². The molecular weight excluding hydrogens is 465 g/mol. The van der Waals surface area contributed by atoms with Crippen LogP contribution in [-0.2, 0) is 9.53 Å². The number of rotatable bonds is 17. The third-order valence-corrected chi connectivity index (χ3v) is 6.87. The standard InChI is InChI=1S/C26H42FN5O4/c1-2-3-4-5-6-7-8-9-10-11-12-13-14-15-20(34)31-24-22-25(29-17-28-24)32(18-30-22)26-23(35)21(27)19(16-33)36-26/h17-19,21,23,26,33,35H,2-16H2,1H3,(H,28,29,31,34)/t19-,21?,23-,26-/m1/s1. The molecule has 2 aromatic heterocycles. The summed E-state index contributed by atoms with van der Waals surface area (Å²) < 4.78 is 21.0. The molecule has 0 aliphatic carbocycles. The number of aromatic nitrogens is 4. The molecule has 4 atom stereocenters. The molecule has 10 heteroatoms. The van der Waals surface area contributed by atoms with Crippen LogP contribution in [0.4, 0.5) is 10.2 Å². The first kappa shape index (κ1) is 28.4. The summed E-state index contributed by atoms with van der Waals surface area (Å²) in [4.78, 5) is 25.0. The van der Waals surface area contributed by atoms with E-state index < -0.39 is 31.2 Å². The number of hydrogen-bond donors (Lipinski definition) is 3. The number of aliphatic hydroxyl groups excluding tert-OH is 2. The Bertz CT molecular complexity index is 927. The Morgan fingerprint density at radius 2 is 1.61 bits per heavy atom. The van der Waals surface area contributed by atoms with Crippen LogP contribution in [0, 0.1) is 0 Å². The minimum Gasteiger partial charge on any atom is -0.394 e. The van der Waals surface area contributed by atoms with Crippen LogP contribution in [0.1, 0.15) is 103 Å². The number of nitrogens with zero attached hydrogens (tertiary/aromatic N) is 4. The van der Waals surface area contributed by atoms with Crippen LogP contribution in [-0.4, -0.2) is 60.6 Å². The van der Waals surface area contributed by atoms with Crippen molar-refractivity contribution in [1.29, 1.82) is 0 Å². The van der Waals surface area contributed by atoms with E-state index in [4.69, 9.17) is 4.74 Å². The minimum absolute atomic E-state index is 0.144. The molecule has 1 aliphatic rings. The van der Waals surface area contributed by atoms with Gasteiger partial charge in [0.25, 0.3) is 0 Å². The van der Waals surface area contributed by atoms with Crippen LogP contribution < -0.4 is 5.32 Å². The van der Waals surface area contributed by atoms with Crippen LogP contribution >= 0.6 is 0 Å². The quantitative estimate of drug-likeness (QED) is 0.262. The summed E-state index contributed by atoms with van der Waals surface area (Å²) in [6, 6.07) is 0. The molecular formula is C26H42FN5O4. The van der Waals surface area contributed by atoms with E-state index in [1.165, 1.54) is 81.4 Å². The van der Waals surface area contributed by atoms with Crippen molar-refractivity contribution in [3.8, 4) is 0 Å². The highest BCUT2D eigenvalue weighted by atomic mass is 19.1. The van der Waals surface area contributed by atoms with Gasteiger partial charge < -0.3 is 20.3 Å². The normalized spacial score (nSPS) is 21.9. The lowest BCUT2D eigenvalue weighted by Gasteiger charge is -2.16. The largest absolute Gasteiger partial charge is 0.394 e. The van der Waals surface area contributed by atoms with Gasteiger partial charge in [-0.1, -0.05) is 84.0 Å². The highest BCUT2D eigenvalue weighted by Crippen LogP contribution is 2.33. The van der Waals surface area contributed by atoms with Crippen molar-refractivity contribution in [2.24, 2.45) is 0 Å². The number of carbonyl (C=O) groups excluding carboxylic acids is 1. The van der Waals surface area contributed by atoms with E-state index in [1.54, 1.807) is 0 Å². The lowest BCUT2D eigenvalue weighted by molar-refractivity contribution is -0.116. The van der Waals surface area contributed by atoms with Gasteiger partial charge in [-0.15, -0.1) is 0 Å². The van der Waals surface area contributed by atoms with E-state index in [1.807, 2.05) is 0 Å². The Morgan fingerprint density at radius 3 is 2.19 bits per heavy atom. The molecule has 1 amide bonds. The Morgan fingerprint density at radius 1 is 1.00 bits per heavy atom. The maximum Gasteiger partial charge on any atom is 0.225 e. The third kappa shape index (κ3) is 7.91. The predicted molar refractivity (Wildman–Crippen MR) is 136 cm³/mol. The topological polar surface area (TPSA) is 122 Å². The van der Waals surface area contributed by atoms with Gasteiger partial charge in [-0.3, -0.25) is 9.36 Å². The zero-order chi connectivity index (χ0) is 25.8. The van der Waals surface area contributed by atoms with Crippen LogP contribution in [0.5, 0.6) is 0 Å². The summed E-state index contributed by atoms with van der Waals surface area (Å²) in [6.07, 6.45) is 13.9. The van der Waals surface area contributed by atoms with Crippen molar-refractivity contribution >= 4 is 22.9 Å². The Kier molecular flexibility index (Phi) is 12.0. The molecule has 3 rings (SSSR count). The molecule has 1 aliphatic heterocycles. The molecule has 0 radical (unpaired) electrons. The summed E-state index contributed by atoms with van der Waals surface area (Å²) in [5.41, 5.74) is 0.631. The first-order valence-electron chi connectivity index (χ1n) is 13.6. The summed E-state index contributed by atoms with van der Waals surface area (Å²) in [6.45, 7) is 1.70. The van der Waals surface area contributed by atoms with Crippen LogP contribution in [0.3, 0.4) is 0 Å². The maximum absolute atomic E-state index is 14.1. The third-order valence-electron chi connectivity index (χ3n) is 6.87. The van der Waals surface area contributed by atoms with Crippen LogP contribution in [0.2, 0.25) is 0 Å². The van der Waals surface area contributed by atoms with E-state index in [2.05, 4.69) is 27.2 Å². The predicted octanol–water partition coefficient (Wildman–Crippen LogP) is 4.83. The van der Waals surface area contributed by atoms with Gasteiger partial charge in [0.15, 0.2) is 29.4 Å². The van der Waals surface area contributed by atoms with Crippen molar-refractivity contribution in [3.05, 3.63) is 12.7 Å². The highest BCUT2D eigenvalue weighted by Gasteiger charge is 2.45. The Labute approximate surface area is 212 Å². The lowest BCUT2D eigenvalue weighted by Crippen LogP contribution is -2.29. The molecule has 0 spiro atoms. The molecule has 9 nitrogen and oxygen atoms in total. The maximum atomic E-state index is 14.1. The number of imidazole rings is 1. The number of carbonyl (C=O) groups is 1. The second-order valence-corrected chi connectivity index (χ2v) is 9.77. The number of aliphatic hydroxyl groups is 2. The number of ether oxygens (including phenoxy) is 1. The molecule has 0 aromatic carbocycles. The molecule has 1 saturated heterocycles. The van der Waals surface area contributed by atoms with Crippen molar-refractivity contribution in [2.75, 3.05) is 11.9 Å². The fraction of sp³-hybridized carbons (Fsp3) is 0.769. The van der Waals surface area contributed by atoms with E-state index in [-0.39, 0.29) is 11.7 Å². The SMILES string of the molecule is CCCCCCCCCCCCCCCC(=O)Nc1ncnc2c1ncn2[C@@H]1O[C@H](CO)C(F)[C@H]1O. The van der Waals surface area contributed by atoms with E-state index in [0.29, 0.717) is 17.6 Å². The minimum atomic E-state index is -1.72. The molecule has 1 fully saturated rings. The van der Waals surface area contributed by atoms with Crippen LogP contribution in [0.15, 0.2) is 12.7 Å². The second-order valence-electron chi connectivity index (χ2n) is 9.77. The number of amides is 1. The van der Waals surface area contributed by atoms with Gasteiger partial charge in [-0.2, -0.15) is 0 Å². The molecule has 3 N–H and O–H groups in total. The molecule has 3 heterocycles. The van der Waals surface area contributed by atoms with E-state index >= 15 is 0 Å². The molecule has 36 heavy (non-hydrogen) atoms. The number of halogens is 1. The van der Waals surface area contributed by atoms with Crippen molar-refractivity contribution in [1.82, 2.24) is 19.5 Å². The van der Waals surface area contributed by atoms with E-state index in [9.17, 15) is 19.4 Å². The van der Waals surface area contributed by atoms with E-state index in [0.717, 1.165) is 19.3 Å². The van der Waals surface area contributed by atoms with Crippen LogP contribution in [0.25, 0.3) is 11.2 Å². The number of anilines is 1. The lowest BCUT2D eigenvalue weighted by atomic mass is 10.0. The monoisotopic (exact) mass is 507 g/mol. The number of hydrogen-bond acceptors (Lipinski definition) is 7. The Balaban J connectivity index is 1.35. The summed E-state index contributed by atoms with van der Waals surface area (Å²) in [5, 5.41) is 22.2. The van der Waals surface area contributed by atoms with Gasteiger partial charge in [-0.25, -0.2) is 19.3 Å². The van der Waals surface area contributed by atoms with Gasteiger partial charge in [0.2, 0.25) is 5.91 Å². The average Bonchev–Trinajstić information content (AvgIpc) is 3.43. The summed E-state index contributed by atoms with van der Waals surface area (Å²) in [7, 11) is 0. The van der Waals surface area contributed by atoms with Gasteiger partial charge in [0, 0.05) is 6.42 Å². The smallest absolute Gasteiger partial charge is 0.225 e. The van der Waals surface area contributed by atoms with Crippen molar-refractivity contribution in [2.45, 2.75) is 121 Å². The molecule has 2 aromatic rings. The van der Waals surface area contributed by atoms with Crippen molar-refractivity contribution < 1.29 is 24.1 Å². The summed E-state index contributed by atoms with van der Waals surface area (Å²) in [5.74, 6) is 0.121. The Hall–Kier alpha value is -2.17. The zero-order valence-electron chi connectivity index (χ0n) is 21.4. The van der Waals surface area contributed by atoms with Gasteiger partial charge in [0.1, 0.15) is 18.5 Å². The van der Waals surface area contributed by atoms with Gasteiger partial charge >= 0.3 is 0 Å². The average molecular weight is 508 g/mol. The van der Waals surface area contributed by atoms with Gasteiger partial charge in [-0.05, 0) is 6.42 Å². The summed E-state index contributed by atoms with van der Waals surface area (Å²) >= 11 is 0. The number of nitrogens with one attached hydrogen (secondary N) is 1. The molecule has 1 unspecified atom stereocenters. The molecule has 202 valence electrons. The fourth-order valence-corrected chi connectivity index (χ4v) is 4.71. The number of unbranched alkanes of at least 4 members (excludes halogenated alkanes) is 12. The number of alkyl halides is 1. The molecule has 0 saturated carbocycles. The van der Waals surface area contributed by atoms with Crippen molar-refractivity contribution in [3.63, 3.8) is 0 Å². The first-order valence-corrected chi connectivity index (χ1v) is 13.6. The zero-order valence-corrected chi connectivity index (χ0v) is 21.4. The first-order chi connectivity index (χ1) is 17.6. The second kappa shape index (κ2) is 15.2. The highest BCUT2D eigenvalue weighted by molar-refractivity contribution is 5.96.